The minimum Gasteiger partial charge on any atom is -0.408 e. The highest BCUT2D eigenvalue weighted by molar-refractivity contribution is 6.62. The fraction of sp³-hybridized carbons (Fsp3) is 0.455. The lowest BCUT2D eigenvalue weighted by Crippen LogP contribution is -2.39. The first kappa shape index (κ1) is 22.7. The SMILES string of the molecule is CCOB(OCCCCOB(OCC)c1ccccc1C)c1cccc(C)c1. The molecule has 0 aliphatic carbocycles. The Kier molecular flexibility index (Phi) is 10.4. The van der Waals surface area contributed by atoms with Crippen LogP contribution in [0.1, 0.15) is 37.8 Å². The van der Waals surface area contributed by atoms with E-state index in [-0.39, 0.29) is 14.2 Å². The number of hydrogen-bond donors (Lipinski definition) is 0. The lowest BCUT2D eigenvalue weighted by molar-refractivity contribution is 0.189. The number of unbranched alkanes of at least 4 members (excludes halogenated alkanes) is 1. The molecule has 0 aliphatic heterocycles. The molecule has 0 spiro atoms. The number of benzene rings is 2. The van der Waals surface area contributed by atoms with Gasteiger partial charge in [-0.2, -0.15) is 0 Å². The smallest absolute Gasteiger partial charge is 0.408 e. The third-order valence-corrected chi connectivity index (χ3v) is 4.47. The highest BCUT2D eigenvalue weighted by atomic mass is 16.6. The molecule has 4 nitrogen and oxygen atoms in total. The van der Waals surface area contributed by atoms with Crippen LogP contribution in [0.2, 0.25) is 0 Å². The zero-order chi connectivity index (χ0) is 20.2. The molecule has 2 aromatic carbocycles. The summed E-state index contributed by atoms with van der Waals surface area (Å²) >= 11 is 0. The summed E-state index contributed by atoms with van der Waals surface area (Å²) in [7, 11) is -0.621. The van der Waals surface area contributed by atoms with Crippen LogP contribution >= 0.6 is 0 Å². The largest absolute Gasteiger partial charge is 0.494 e. The van der Waals surface area contributed by atoms with Gasteiger partial charge in [0, 0.05) is 26.4 Å². The summed E-state index contributed by atoms with van der Waals surface area (Å²) in [5.41, 5.74) is 4.55. The molecule has 28 heavy (non-hydrogen) atoms. The van der Waals surface area contributed by atoms with Crippen molar-refractivity contribution < 1.29 is 18.6 Å². The quantitative estimate of drug-likeness (QED) is 0.394. The van der Waals surface area contributed by atoms with Gasteiger partial charge < -0.3 is 18.6 Å². The predicted octanol–water partition coefficient (Wildman–Crippen LogP) is 3.28. The first-order valence-electron chi connectivity index (χ1n) is 10.2. The van der Waals surface area contributed by atoms with Crippen LogP contribution in [0.4, 0.5) is 0 Å². The molecule has 2 rings (SSSR count). The lowest BCUT2D eigenvalue weighted by atomic mass is 9.76. The Morgan fingerprint density at radius 2 is 1.36 bits per heavy atom. The minimum absolute atomic E-state index is 0.310. The fourth-order valence-electron chi connectivity index (χ4n) is 3.02. The summed E-state index contributed by atoms with van der Waals surface area (Å²) < 4.78 is 23.5. The second-order valence-electron chi connectivity index (χ2n) is 6.79. The normalized spacial score (nSPS) is 10.9. The minimum atomic E-state index is -0.311. The summed E-state index contributed by atoms with van der Waals surface area (Å²) in [6.45, 7) is 10.6. The van der Waals surface area contributed by atoms with E-state index in [2.05, 4.69) is 38.1 Å². The van der Waals surface area contributed by atoms with Crippen LogP contribution in [0, 0.1) is 13.8 Å². The molecule has 150 valence electrons. The zero-order valence-electron chi connectivity index (χ0n) is 17.6. The van der Waals surface area contributed by atoms with Crippen molar-refractivity contribution in [3.8, 4) is 0 Å². The molecule has 0 atom stereocenters. The molecule has 0 aliphatic rings. The van der Waals surface area contributed by atoms with Crippen LogP contribution in [0.25, 0.3) is 0 Å². The van der Waals surface area contributed by atoms with E-state index < -0.39 is 0 Å². The van der Waals surface area contributed by atoms with Crippen molar-refractivity contribution in [3.05, 3.63) is 59.7 Å². The van der Waals surface area contributed by atoms with Crippen molar-refractivity contribution in [2.75, 3.05) is 26.4 Å². The number of hydrogen-bond acceptors (Lipinski definition) is 4. The Hall–Kier alpha value is -1.59. The van der Waals surface area contributed by atoms with Gasteiger partial charge in [0.05, 0.1) is 0 Å². The Morgan fingerprint density at radius 3 is 2.00 bits per heavy atom. The zero-order valence-corrected chi connectivity index (χ0v) is 17.6. The number of rotatable bonds is 13. The van der Waals surface area contributed by atoms with Crippen LogP contribution in [0.3, 0.4) is 0 Å². The van der Waals surface area contributed by atoms with Crippen molar-refractivity contribution in [1.29, 1.82) is 0 Å². The second-order valence-corrected chi connectivity index (χ2v) is 6.79. The molecule has 0 saturated heterocycles. The maximum Gasteiger partial charge on any atom is 0.494 e. The van der Waals surface area contributed by atoms with E-state index in [4.69, 9.17) is 18.6 Å². The molecule has 0 heterocycles. The highest BCUT2D eigenvalue weighted by Crippen LogP contribution is 2.03. The van der Waals surface area contributed by atoms with E-state index in [1.165, 1.54) is 11.1 Å². The van der Waals surface area contributed by atoms with Gasteiger partial charge in [0.2, 0.25) is 0 Å². The van der Waals surface area contributed by atoms with Crippen molar-refractivity contribution in [1.82, 2.24) is 0 Å². The molecule has 2 aromatic rings. The molecular formula is C22H32B2O4. The van der Waals surface area contributed by atoms with Gasteiger partial charge in [0.25, 0.3) is 0 Å². The van der Waals surface area contributed by atoms with Crippen LogP contribution < -0.4 is 10.9 Å². The molecule has 0 unspecified atom stereocenters. The van der Waals surface area contributed by atoms with E-state index in [1.807, 2.05) is 38.1 Å². The van der Waals surface area contributed by atoms with Gasteiger partial charge in [0.1, 0.15) is 0 Å². The van der Waals surface area contributed by atoms with Crippen LogP contribution in [0.5, 0.6) is 0 Å². The topological polar surface area (TPSA) is 36.9 Å². The molecule has 0 saturated carbocycles. The summed E-state index contributed by atoms with van der Waals surface area (Å²) in [6, 6.07) is 16.5. The summed E-state index contributed by atoms with van der Waals surface area (Å²) in [5.74, 6) is 0. The average Bonchev–Trinajstić information content (AvgIpc) is 2.69. The van der Waals surface area contributed by atoms with Gasteiger partial charge in [-0.1, -0.05) is 59.7 Å². The monoisotopic (exact) mass is 382 g/mol. The Morgan fingerprint density at radius 1 is 0.714 bits per heavy atom. The fourth-order valence-corrected chi connectivity index (χ4v) is 3.02. The van der Waals surface area contributed by atoms with Crippen LogP contribution in [0.15, 0.2) is 48.5 Å². The maximum absolute atomic E-state index is 6.00. The third-order valence-electron chi connectivity index (χ3n) is 4.47. The number of aryl methyl sites for hydroxylation is 2. The van der Waals surface area contributed by atoms with E-state index >= 15 is 0 Å². The standard InChI is InChI=1S/C22H32B2O4/c1-5-25-23(21-14-11-12-19(3)18-21)27-16-9-10-17-28-24(26-6-2)22-15-8-7-13-20(22)4/h7-8,11-15,18H,5-6,9-10,16-17H2,1-4H3. The molecule has 0 fully saturated rings. The van der Waals surface area contributed by atoms with Crippen molar-refractivity contribution in [3.63, 3.8) is 0 Å². The molecular weight excluding hydrogens is 350 g/mol. The summed E-state index contributed by atoms with van der Waals surface area (Å²) in [6.07, 6.45) is 1.81. The van der Waals surface area contributed by atoms with Gasteiger partial charge in [-0.25, -0.2) is 0 Å². The van der Waals surface area contributed by atoms with E-state index in [0.29, 0.717) is 26.4 Å². The van der Waals surface area contributed by atoms with Crippen molar-refractivity contribution >= 4 is 25.2 Å². The molecule has 0 radical (unpaired) electrons. The van der Waals surface area contributed by atoms with Gasteiger partial charge in [-0.05, 0) is 51.5 Å². The summed E-state index contributed by atoms with van der Waals surface area (Å²) in [4.78, 5) is 0. The molecule has 0 bridgehead atoms. The Balaban J connectivity index is 1.75. The van der Waals surface area contributed by atoms with E-state index in [9.17, 15) is 0 Å². The van der Waals surface area contributed by atoms with Gasteiger partial charge in [-0.15, -0.1) is 0 Å². The average molecular weight is 382 g/mol. The lowest BCUT2D eigenvalue weighted by Gasteiger charge is -2.17. The van der Waals surface area contributed by atoms with Crippen LogP contribution in [-0.2, 0) is 18.6 Å². The Labute approximate surface area is 170 Å². The van der Waals surface area contributed by atoms with Crippen LogP contribution in [-0.4, -0.2) is 40.7 Å². The molecule has 0 aromatic heterocycles. The maximum atomic E-state index is 6.00. The molecule has 6 heteroatoms. The van der Waals surface area contributed by atoms with Gasteiger partial charge >= 0.3 is 14.2 Å². The van der Waals surface area contributed by atoms with Gasteiger partial charge in [0.15, 0.2) is 0 Å². The third kappa shape index (κ3) is 7.44. The summed E-state index contributed by atoms with van der Waals surface area (Å²) in [5, 5.41) is 0. The Bertz CT molecular complexity index is 696. The van der Waals surface area contributed by atoms with Gasteiger partial charge in [-0.3, -0.25) is 0 Å². The van der Waals surface area contributed by atoms with E-state index in [0.717, 1.165) is 23.8 Å². The van der Waals surface area contributed by atoms with E-state index in [1.54, 1.807) is 0 Å². The highest BCUT2D eigenvalue weighted by Gasteiger charge is 2.23. The van der Waals surface area contributed by atoms with Crippen molar-refractivity contribution in [2.24, 2.45) is 0 Å². The predicted molar refractivity (Wildman–Crippen MR) is 118 cm³/mol. The first-order valence-corrected chi connectivity index (χ1v) is 10.2. The molecule has 0 N–H and O–H groups in total. The first-order chi connectivity index (χ1) is 13.7. The second kappa shape index (κ2) is 12.8. The van der Waals surface area contributed by atoms with Crippen molar-refractivity contribution in [2.45, 2.75) is 40.5 Å². The molecule has 0 amide bonds.